The topological polar surface area (TPSA) is 3.24 Å². The standard InChI is InChI=1S/C72H61N/c1-70(2,3)54-44-52(45-55(47-54)71(4,5)6)58-32-20-24-50-25-21-34-64(69(50)58)63-31-15-18-37-68(63)73(67-36-17-14-30-62(67)59-33-19-23-49-22-11-12-28-57(49)59)56-41-38-48(39-42-56)51-40-43-61-60-29-13-16-35-65(60)72(7,66(61)46-51)53-26-9-8-10-27-53/h8-47H,1-7H3. The average Bonchev–Trinajstić information content (AvgIpc) is 3.68. The SMILES string of the molecule is CC(C)(C)c1cc(-c2cccc3cccc(-c4ccccc4N(c4ccc(-c5ccc6c(c5)C(C)(c5ccccc5)c5ccccc5-6)cc4)c4ccccc4-c4cccc5ccccc45)c23)cc(C(C)(C)C)c1. The highest BCUT2D eigenvalue weighted by Crippen LogP contribution is 2.54. The second-order valence-electron chi connectivity index (χ2n) is 22.2. The number of fused-ring (bicyclic) bond motifs is 5. The molecular weight excluding hydrogens is 879 g/mol. The molecule has 0 spiro atoms. The quantitative estimate of drug-likeness (QED) is 0.147. The van der Waals surface area contributed by atoms with Crippen LogP contribution in [0.2, 0.25) is 0 Å². The summed E-state index contributed by atoms with van der Waals surface area (Å²) in [6, 6.07) is 90.7. The monoisotopic (exact) mass is 939 g/mol. The van der Waals surface area contributed by atoms with E-state index >= 15 is 0 Å². The van der Waals surface area contributed by atoms with E-state index in [1.54, 1.807) is 0 Å². The summed E-state index contributed by atoms with van der Waals surface area (Å²) in [5.41, 5.74) is 21.9. The maximum atomic E-state index is 2.50. The summed E-state index contributed by atoms with van der Waals surface area (Å²) in [6.07, 6.45) is 0. The van der Waals surface area contributed by atoms with Gasteiger partial charge >= 0.3 is 0 Å². The van der Waals surface area contributed by atoms with Gasteiger partial charge in [0.2, 0.25) is 0 Å². The second-order valence-corrected chi connectivity index (χ2v) is 22.2. The van der Waals surface area contributed by atoms with Crippen LogP contribution in [0.5, 0.6) is 0 Å². The van der Waals surface area contributed by atoms with Crippen molar-refractivity contribution in [2.24, 2.45) is 0 Å². The van der Waals surface area contributed by atoms with E-state index in [1.165, 1.54) is 105 Å². The van der Waals surface area contributed by atoms with Crippen molar-refractivity contribution >= 4 is 38.6 Å². The first kappa shape index (κ1) is 45.9. The van der Waals surface area contributed by atoms with Gasteiger partial charge in [0.1, 0.15) is 0 Å². The van der Waals surface area contributed by atoms with Gasteiger partial charge in [-0.05, 0) is 142 Å². The van der Waals surface area contributed by atoms with E-state index in [4.69, 9.17) is 0 Å². The van der Waals surface area contributed by atoms with Gasteiger partial charge in [0, 0.05) is 22.2 Å². The van der Waals surface area contributed by atoms with Crippen molar-refractivity contribution in [1.29, 1.82) is 0 Å². The lowest BCUT2D eigenvalue weighted by atomic mass is 9.74. The molecule has 0 saturated carbocycles. The minimum atomic E-state index is -0.277. The molecule has 1 atom stereocenters. The number of nitrogens with zero attached hydrogens (tertiary/aromatic N) is 1. The molecule has 0 aromatic heterocycles. The van der Waals surface area contributed by atoms with E-state index in [9.17, 15) is 0 Å². The lowest BCUT2D eigenvalue weighted by Crippen LogP contribution is -2.22. The first-order valence-electron chi connectivity index (χ1n) is 25.9. The van der Waals surface area contributed by atoms with Crippen LogP contribution in [0.1, 0.15) is 76.3 Å². The van der Waals surface area contributed by atoms with Crippen molar-refractivity contribution in [3.8, 4) is 55.6 Å². The number of hydrogen-bond acceptors (Lipinski definition) is 1. The fourth-order valence-electron chi connectivity index (χ4n) is 11.7. The molecule has 0 aliphatic heterocycles. The first-order valence-corrected chi connectivity index (χ1v) is 25.9. The van der Waals surface area contributed by atoms with Crippen LogP contribution >= 0.6 is 0 Å². The Bertz CT molecular complexity index is 3840. The van der Waals surface area contributed by atoms with Gasteiger partial charge in [-0.2, -0.15) is 0 Å². The predicted molar refractivity (Wildman–Crippen MR) is 313 cm³/mol. The van der Waals surface area contributed by atoms with E-state index in [0.29, 0.717) is 0 Å². The summed E-state index contributed by atoms with van der Waals surface area (Å²) in [5, 5.41) is 4.92. The Morgan fingerprint density at radius 2 is 0.822 bits per heavy atom. The third kappa shape index (κ3) is 7.96. The summed E-state index contributed by atoms with van der Waals surface area (Å²) in [5.74, 6) is 0. The molecule has 12 rings (SSSR count). The molecule has 0 radical (unpaired) electrons. The van der Waals surface area contributed by atoms with Crippen molar-refractivity contribution in [3.05, 3.63) is 270 Å². The van der Waals surface area contributed by atoms with Gasteiger partial charge in [-0.3, -0.25) is 0 Å². The minimum absolute atomic E-state index is 0.0152. The van der Waals surface area contributed by atoms with E-state index in [0.717, 1.165) is 17.1 Å². The Morgan fingerprint density at radius 1 is 0.329 bits per heavy atom. The van der Waals surface area contributed by atoms with Crippen LogP contribution in [0.15, 0.2) is 243 Å². The molecule has 0 bridgehead atoms. The molecule has 1 unspecified atom stereocenters. The second kappa shape index (κ2) is 17.8. The molecule has 0 fully saturated rings. The number of benzene rings is 11. The Morgan fingerprint density at radius 3 is 1.49 bits per heavy atom. The molecule has 0 heterocycles. The fourth-order valence-corrected chi connectivity index (χ4v) is 11.7. The highest BCUT2D eigenvalue weighted by atomic mass is 15.1. The van der Waals surface area contributed by atoms with Gasteiger partial charge in [0.25, 0.3) is 0 Å². The van der Waals surface area contributed by atoms with E-state index in [-0.39, 0.29) is 16.2 Å². The molecular formula is C72H61N. The maximum Gasteiger partial charge on any atom is 0.0540 e. The molecule has 0 N–H and O–H groups in total. The average molecular weight is 940 g/mol. The zero-order valence-corrected chi connectivity index (χ0v) is 43.0. The first-order chi connectivity index (χ1) is 35.4. The van der Waals surface area contributed by atoms with Gasteiger partial charge in [0.05, 0.1) is 11.4 Å². The van der Waals surface area contributed by atoms with Crippen molar-refractivity contribution < 1.29 is 0 Å². The van der Waals surface area contributed by atoms with E-state index < -0.39 is 0 Å². The lowest BCUT2D eigenvalue weighted by Gasteiger charge is -2.31. The third-order valence-corrected chi connectivity index (χ3v) is 15.7. The predicted octanol–water partition coefficient (Wildman–Crippen LogP) is 20.1. The van der Waals surface area contributed by atoms with Crippen molar-refractivity contribution in [1.82, 2.24) is 0 Å². The molecule has 11 aromatic carbocycles. The molecule has 11 aromatic rings. The summed E-state index contributed by atoms with van der Waals surface area (Å²) in [4.78, 5) is 2.50. The van der Waals surface area contributed by atoms with Gasteiger partial charge in [0.15, 0.2) is 0 Å². The summed E-state index contributed by atoms with van der Waals surface area (Å²) in [7, 11) is 0. The van der Waals surface area contributed by atoms with Gasteiger partial charge in [-0.1, -0.05) is 254 Å². The number of rotatable bonds is 8. The number of para-hydroxylation sites is 2. The summed E-state index contributed by atoms with van der Waals surface area (Å²) < 4.78 is 0. The van der Waals surface area contributed by atoms with Crippen LogP contribution in [0.3, 0.4) is 0 Å². The highest BCUT2D eigenvalue weighted by molar-refractivity contribution is 6.10. The molecule has 73 heavy (non-hydrogen) atoms. The Balaban J connectivity index is 1.05. The Kier molecular flexibility index (Phi) is 11.2. The Hall–Kier alpha value is -8.26. The van der Waals surface area contributed by atoms with Crippen LogP contribution in [0, 0.1) is 0 Å². The van der Waals surface area contributed by atoms with Gasteiger partial charge in [-0.25, -0.2) is 0 Å². The number of hydrogen-bond donors (Lipinski definition) is 0. The summed E-state index contributed by atoms with van der Waals surface area (Å²) in [6.45, 7) is 16.4. The highest BCUT2D eigenvalue weighted by Gasteiger charge is 2.40. The van der Waals surface area contributed by atoms with Gasteiger partial charge < -0.3 is 4.90 Å². The van der Waals surface area contributed by atoms with Crippen LogP contribution < -0.4 is 4.90 Å². The number of anilines is 3. The van der Waals surface area contributed by atoms with Crippen LogP contribution in [-0.4, -0.2) is 0 Å². The smallest absolute Gasteiger partial charge is 0.0540 e. The maximum absolute atomic E-state index is 2.50. The zero-order valence-electron chi connectivity index (χ0n) is 43.0. The van der Waals surface area contributed by atoms with Crippen molar-refractivity contribution in [2.75, 3.05) is 4.90 Å². The normalized spacial score (nSPS) is 14.3. The molecule has 0 amide bonds. The van der Waals surface area contributed by atoms with E-state index in [2.05, 4.69) is 296 Å². The molecule has 1 heteroatoms. The fraction of sp³-hybridized carbons (Fsp3) is 0.139. The van der Waals surface area contributed by atoms with Crippen LogP contribution in [0.4, 0.5) is 17.1 Å². The molecule has 1 aliphatic rings. The lowest BCUT2D eigenvalue weighted by molar-refractivity contribution is 0.569. The molecule has 354 valence electrons. The minimum Gasteiger partial charge on any atom is -0.309 e. The van der Waals surface area contributed by atoms with Crippen LogP contribution in [0.25, 0.3) is 77.2 Å². The van der Waals surface area contributed by atoms with Crippen molar-refractivity contribution in [3.63, 3.8) is 0 Å². The van der Waals surface area contributed by atoms with Gasteiger partial charge in [-0.15, -0.1) is 0 Å². The molecule has 0 saturated heterocycles. The summed E-state index contributed by atoms with van der Waals surface area (Å²) >= 11 is 0. The Labute approximate surface area is 432 Å². The van der Waals surface area contributed by atoms with Crippen molar-refractivity contribution in [2.45, 2.75) is 64.7 Å². The molecule has 1 aliphatic carbocycles. The third-order valence-electron chi connectivity index (χ3n) is 15.7. The largest absolute Gasteiger partial charge is 0.309 e. The van der Waals surface area contributed by atoms with E-state index in [1.807, 2.05) is 0 Å². The van der Waals surface area contributed by atoms with Crippen LogP contribution in [-0.2, 0) is 16.2 Å². The zero-order chi connectivity index (χ0) is 50.1. The molecule has 1 nitrogen and oxygen atoms in total.